The van der Waals surface area contributed by atoms with Crippen LogP contribution in [0.5, 0.6) is 0 Å². The molecule has 1 fully saturated rings. The number of nitrogens with one attached hydrogen (secondary N) is 1. The SMILES string of the molecule is CCCNCc1nc(C(C)C)ncc1N(CC)C1CC1. The van der Waals surface area contributed by atoms with Gasteiger partial charge in [0.25, 0.3) is 0 Å². The smallest absolute Gasteiger partial charge is 0.131 e. The Morgan fingerprint density at radius 3 is 2.65 bits per heavy atom. The van der Waals surface area contributed by atoms with Crippen LogP contribution < -0.4 is 10.2 Å². The van der Waals surface area contributed by atoms with Crippen LogP contribution in [0.2, 0.25) is 0 Å². The molecule has 1 heterocycles. The molecule has 2 rings (SSSR count). The molecule has 0 aliphatic heterocycles. The van der Waals surface area contributed by atoms with Crippen LogP contribution in [0, 0.1) is 0 Å². The predicted octanol–water partition coefficient (Wildman–Crippen LogP) is 3.09. The predicted molar refractivity (Wildman–Crippen MR) is 84.2 cm³/mol. The Balaban J connectivity index is 2.23. The van der Waals surface area contributed by atoms with Crippen molar-refractivity contribution in [2.24, 2.45) is 0 Å². The Bertz CT molecular complexity index is 426. The van der Waals surface area contributed by atoms with Gasteiger partial charge in [-0.2, -0.15) is 0 Å². The molecule has 0 amide bonds. The zero-order valence-electron chi connectivity index (χ0n) is 13.3. The standard InChI is InChI=1S/C16H28N4/c1-5-9-17-10-14-15(20(6-2)13-7-8-13)11-18-16(19-14)12(3)4/h11-13,17H,5-10H2,1-4H3. The van der Waals surface area contributed by atoms with Crippen molar-refractivity contribution in [1.82, 2.24) is 15.3 Å². The lowest BCUT2D eigenvalue weighted by atomic mass is 10.2. The molecule has 4 heteroatoms. The maximum atomic E-state index is 4.81. The van der Waals surface area contributed by atoms with Crippen molar-refractivity contribution in [2.45, 2.75) is 65.5 Å². The van der Waals surface area contributed by atoms with Gasteiger partial charge in [0.2, 0.25) is 0 Å². The average Bonchev–Trinajstić information content (AvgIpc) is 3.25. The highest BCUT2D eigenvalue weighted by Gasteiger charge is 2.30. The molecule has 1 saturated carbocycles. The molecule has 0 aromatic carbocycles. The zero-order chi connectivity index (χ0) is 14.5. The van der Waals surface area contributed by atoms with Crippen LogP contribution in [0.4, 0.5) is 5.69 Å². The van der Waals surface area contributed by atoms with Crippen molar-refractivity contribution in [3.05, 3.63) is 17.7 Å². The van der Waals surface area contributed by atoms with Gasteiger partial charge in [-0.1, -0.05) is 20.8 Å². The minimum atomic E-state index is 0.380. The van der Waals surface area contributed by atoms with E-state index < -0.39 is 0 Å². The van der Waals surface area contributed by atoms with E-state index in [9.17, 15) is 0 Å². The van der Waals surface area contributed by atoms with E-state index in [2.05, 4.69) is 42.9 Å². The van der Waals surface area contributed by atoms with E-state index in [-0.39, 0.29) is 0 Å². The molecule has 0 saturated heterocycles. The molecule has 1 aliphatic carbocycles. The third-order valence-electron chi connectivity index (χ3n) is 3.74. The lowest BCUT2D eigenvalue weighted by molar-refractivity contribution is 0.647. The molecule has 1 N–H and O–H groups in total. The highest BCUT2D eigenvalue weighted by atomic mass is 15.2. The van der Waals surface area contributed by atoms with Crippen molar-refractivity contribution in [2.75, 3.05) is 18.0 Å². The molecule has 4 nitrogen and oxygen atoms in total. The van der Waals surface area contributed by atoms with Crippen LogP contribution in [0.3, 0.4) is 0 Å². The molecule has 0 unspecified atom stereocenters. The van der Waals surface area contributed by atoms with Gasteiger partial charge in [-0.15, -0.1) is 0 Å². The monoisotopic (exact) mass is 276 g/mol. The number of hydrogen-bond donors (Lipinski definition) is 1. The van der Waals surface area contributed by atoms with Crippen LogP contribution in [-0.4, -0.2) is 29.1 Å². The Kier molecular flexibility index (Phi) is 5.35. The average molecular weight is 276 g/mol. The van der Waals surface area contributed by atoms with E-state index in [4.69, 9.17) is 4.98 Å². The van der Waals surface area contributed by atoms with Gasteiger partial charge < -0.3 is 10.2 Å². The first kappa shape index (κ1) is 15.2. The first-order chi connectivity index (χ1) is 9.67. The molecule has 0 radical (unpaired) electrons. The number of nitrogens with zero attached hydrogens (tertiary/aromatic N) is 3. The van der Waals surface area contributed by atoms with Crippen molar-refractivity contribution < 1.29 is 0 Å². The molecular weight excluding hydrogens is 248 g/mol. The summed E-state index contributed by atoms with van der Waals surface area (Å²) in [4.78, 5) is 11.8. The van der Waals surface area contributed by atoms with Gasteiger partial charge in [0.1, 0.15) is 5.82 Å². The van der Waals surface area contributed by atoms with E-state index in [0.29, 0.717) is 12.0 Å². The summed E-state index contributed by atoms with van der Waals surface area (Å²) in [5.41, 5.74) is 2.38. The number of hydrogen-bond acceptors (Lipinski definition) is 4. The molecule has 0 bridgehead atoms. The van der Waals surface area contributed by atoms with Crippen LogP contribution >= 0.6 is 0 Å². The normalized spacial score (nSPS) is 14.8. The number of rotatable bonds is 8. The van der Waals surface area contributed by atoms with E-state index in [1.807, 2.05) is 6.20 Å². The molecule has 1 aromatic rings. The van der Waals surface area contributed by atoms with Gasteiger partial charge in [-0.3, -0.25) is 0 Å². The third kappa shape index (κ3) is 3.69. The second kappa shape index (κ2) is 7.02. The van der Waals surface area contributed by atoms with E-state index in [1.165, 1.54) is 18.5 Å². The summed E-state index contributed by atoms with van der Waals surface area (Å²) in [6.45, 7) is 11.6. The molecule has 1 aromatic heterocycles. The second-order valence-electron chi connectivity index (χ2n) is 5.91. The quantitative estimate of drug-likeness (QED) is 0.741. The van der Waals surface area contributed by atoms with E-state index >= 15 is 0 Å². The second-order valence-corrected chi connectivity index (χ2v) is 5.91. The first-order valence-corrected chi connectivity index (χ1v) is 8.00. The maximum absolute atomic E-state index is 4.81. The molecule has 1 aliphatic rings. The minimum Gasteiger partial charge on any atom is -0.366 e. The van der Waals surface area contributed by atoms with E-state index in [1.54, 1.807) is 0 Å². The summed E-state index contributed by atoms with van der Waals surface area (Å²) in [5.74, 6) is 1.33. The highest BCUT2D eigenvalue weighted by Crippen LogP contribution is 2.32. The largest absolute Gasteiger partial charge is 0.366 e. The Morgan fingerprint density at radius 2 is 2.10 bits per heavy atom. The van der Waals surface area contributed by atoms with E-state index in [0.717, 1.165) is 37.6 Å². The van der Waals surface area contributed by atoms with Crippen molar-refractivity contribution in [1.29, 1.82) is 0 Å². The zero-order valence-corrected chi connectivity index (χ0v) is 13.3. The number of aromatic nitrogens is 2. The van der Waals surface area contributed by atoms with Gasteiger partial charge in [0.05, 0.1) is 17.6 Å². The molecular formula is C16H28N4. The van der Waals surface area contributed by atoms with Crippen molar-refractivity contribution in [3.63, 3.8) is 0 Å². The van der Waals surface area contributed by atoms with Gasteiger partial charge in [0.15, 0.2) is 0 Å². The van der Waals surface area contributed by atoms with Crippen LogP contribution in [0.15, 0.2) is 6.20 Å². The third-order valence-corrected chi connectivity index (χ3v) is 3.74. The molecule has 0 spiro atoms. The minimum absolute atomic E-state index is 0.380. The number of anilines is 1. The molecule has 0 atom stereocenters. The maximum Gasteiger partial charge on any atom is 0.131 e. The topological polar surface area (TPSA) is 41.1 Å². The molecule has 112 valence electrons. The van der Waals surface area contributed by atoms with Crippen molar-refractivity contribution in [3.8, 4) is 0 Å². The van der Waals surface area contributed by atoms with Gasteiger partial charge in [0, 0.05) is 25.0 Å². The summed E-state index contributed by atoms with van der Waals surface area (Å²) in [5, 5.41) is 3.48. The summed E-state index contributed by atoms with van der Waals surface area (Å²) in [7, 11) is 0. The summed E-state index contributed by atoms with van der Waals surface area (Å²) in [6, 6.07) is 0.707. The summed E-state index contributed by atoms with van der Waals surface area (Å²) >= 11 is 0. The van der Waals surface area contributed by atoms with Gasteiger partial charge >= 0.3 is 0 Å². The van der Waals surface area contributed by atoms with Crippen LogP contribution in [0.25, 0.3) is 0 Å². The van der Waals surface area contributed by atoms with Crippen LogP contribution in [0.1, 0.15) is 64.4 Å². The fourth-order valence-electron chi connectivity index (χ4n) is 2.47. The van der Waals surface area contributed by atoms with Crippen molar-refractivity contribution >= 4 is 5.69 Å². The summed E-state index contributed by atoms with van der Waals surface area (Å²) in [6.07, 6.45) is 5.80. The Labute approximate surface area is 123 Å². The Hall–Kier alpha value is -1.16. The van der Waals surface area contributed by atoms with Gasteiger partial charge in [-0.05, 0) is 32.7 Å². The fraction of sp³-hybridized carbons (Fsp3) is 0.750. The summed E-state index contributed by atoms with van der Waals surface area (Å²) < 4.78 is 0. The highest BCUT2D eigenvalue weighted by molar-refractivity contribution is 5.51. The molecule has 20 heavy (non-hydrogen) atoms. The van der Waals surface area contributed by atoms with Gasteiger partial charge in [-0.25, -0.2) is 9.97 Å². The fourth-order valence-corrected chi connectivity index (χ4v) is 2.47. The lowest BCUT2D eigenvalue weighted by Gasteiger charge is -2.25. The first-order valence-electron chi connectivity index (χ1n) is 8.00. The lowest BCUT2D eigenvalue weighted by Crippen LogP contribution is -2.28. The van der Waals surface area contributed by atoms with Crippen LogP contribution in [-0.2, 0) is 6.54 Å². The Morgan fingerprint density at radius 1 is 1.35 bits per heavy atom.